The number of likely N-dealkylation sites (tertiary alicyclic amines) is 1. The number of benzene rings is 1. The van der Waals surface area contributed by atoms with Crippen LogP contribution in [0, 0.1) is 0 Å². The highest BCUT2D eigenvalue weighted by Gasteiger charge is 2.30. The predicted molar refractivity (Wildman–Crippen MR) is 68.9 cm³/mol. The Morgan fingerprint density at radius 1 is 1.16 bits per heavy atom. The van der Waals surface area contributed by atoms with Crippen LogP contribution in [0.5, 0.6) is 0 Å². The molecule has 0 saturated carbocycles. The number of halogens is 3. The van der Waals surface area contributed by atoms with Gasteiger partial charge in [0.25, 0.3) is 0 Å². The molecule has 1 aliphatic heterocycles. The molecule has 0 bridgehead atoms. The summed E-state index contributed by atoms with van der Waals surface area (Å²) in [6.45, 7) is 2.80. The average Bonchev–Trinajstić information content (AvgIpc) is 2.89. The summed E-state index contributed by atoms with van der Waals surface area (Å²) in [5.41, 5.74) is 0.366. The number of likely N-dealkylation sites (N-methyl/N-ethyl adjacent to an activating group) is 1. The van der Waals surface area contributed by atoms with E-state index in [0.29, 0.717) is 0 Å². The van der Waals surface area contributed by atoms with Crippen molar-refractivity contribution in [3.05, 3.63) is 35.4 Å². The molecule has 0 amide bonds. The van der Waals surface area contributed by atoms with Crippen LogP contribution in [0.15, 0.2) is 24.3 Å². The Labute approximate surface area is 111 Å². The SMILES string of the molecule is CNCC(c1ccc(C(F)(F)F)cc1)N1CCCC1. The van der Waals surface area contributed by atoms with Gasteiger partial charge in [0, 0.05) is 12.6 Å². The molecule has 2 rings (SSSR count). The number of nitrogens with one attached hydrogen (secondary N) is 1. The maximum Gasteiger partial charge on any atom is 0.416 e. The highest BCUT2D eigenvalue weighted by molar-refractivity contribution is 5.27. The summed E-state index contributed by atoms with van der Waals surface area (Å²) in [4.78, 5) is 2.33. The van der Waals surface area contributed by atoms with Crippen molar-refractivity contribution in [1.29, 1.82) is 0 Å². The Morgan fingerprint density at radius 2 is 1.74 bits per heavy atom. The molecule has 1 aliphatic rings. The molecule has 1 saturated heterocycles. The molecule has 1 aromatic rings. The number of rotatable bonds is 4. The van der Waals surface area contributed by atoms with Crippen LogP contribution in [-0.2, 0) is 6.18 Å². The van der Waals surface area contributed by atoms with Crippen molar-refractivity contribution in [3.63, 3.8) is 0 Å². The van der Waals surface area contributed by atoms with Gasteiger partial charge < -0.3 is 5.32 Å². The molecular weight excluding hydrogens is 253 g/mol. The molecule has 0 radical (unpaired) electrons. The number of alkyl halides is 3. The molecule has 0 aliphatic carbocycles. The van der Waals surface area contributed by atoms with Gasteiger partial charge in [-0.25, -0.2) is 0 Å². The fourth-order valence-electron chi connectivity index (χ4n) is 2.60. The van der Waals surface area contributed by atoms with E-state index < -0.39 is 11.7 Å². The highest BCUT2D eigenvalue weighted by Crippen LogP contribution is 2.31. The largest absolute Gasteiger partial charge is 0.416 e. The van der Waals surface area contributed by atoms with Crippen molar-refractivity contribution < 1.29 is 13.2 Å². The maximum atomic E-state index is 12.5. The van der Waals surface area contributed by atoms with Gasteiger partial charge in [-0.2, -0.15) is 13.2 Å². The van der Waals surface area contributed by atoms with E-state index in [1.165, 1.54) is 25.0 Å². The fourth-order valence-corrected chi connectivity index (χ4v) is 2.60. The minimum Gasteiger partial charge on any atom is -0.318 e. The lowest BCUT2D eigenvalue weighted by Crippen LogP contribution is -2.32. The van der Waals surface area contributed by atoms with E-state index in [1.54, 1.807) is 12.1 Å². The molecule has 106 valence electrons. The van der Waals surface area contributed by atoms with Crippen LogP contribution in [0.3, 0.4) is 0 Å². The quantitative estimate of drug-likeness (QED) is 0.906. The molecule has 19 heavy (non-hydrogen) atoms. The van der Waals surface area contributed by atoms with Crippen LogP contribution in [0.1, 0.15) is 30.0 Å². The van der Waals surface area contributed by atoms with Gasteiger partial charge in [0.15, 0.2) is 0 Å². The van der Waals surface area contributed by atoms with Crippen LogP contribution in [-0.4, -0.2) is 31.6 Å². The number of hydrogen-bond acceptors (Lipinski definition) is 2. The molecular formula is C14H19F3N2. The second kappa shape index (κ2) is 5.92. The van der Waals surface area contributed by atoms with Crippen molar-refractivity contribution in [3.8, 4) is 0 Å². The molecule has 1 N–H and O–H groups in total. The maximum absolute atomic E-state index is 12.5. The molecule has 0 aromatic heterocycles. The smallest absolute Gasteiger partial charge is 0.318 e. The fraction of sp³-hybridized carbons (Fsp3) is 0.571. The van der Waals surface area contributed by atoms with E-state index >= 15 is 0 Å². The number of nitrogens with zero attached hydrogens (tertiary/aromatic N) is 1. The van der Waals surface area contributed by atoms with E-state index in [2.05, 4.69) is 10.2 Å². The monoisotopic (exact) mass is 272 g/mol. The molecule has 1 unspecified atom stereocenters. The second-order valence-electron chi connectivity index (χ2n) is 4.94. The van der Waals surface area contributed by atoms with Crippen molar-refractivity contribution in [2.24, 2.45) is 0 Å². The predicted octanol–water partition coefficient (Wildman–Crippen LogP) is 3.06. The van der Waals surface area contributed by atoms with Crippen LogP contribution in [0.25, 0.3) is 0 Å². The van der Waals surface area contributed by atoms with Gasteiger partial charge in [-0.1, -0.05) is 12.1 Å². The third-order valence-corrected chi connectivity index (χ3v) is 3.60. The normalized spacial score (nSPS) is 18.7. The highest BCUT2D eigenvalue weighted by atomic mass is 19.4. The molecule has 1 atom stereocenters. The van der Waals surface area contributed by atoms with Crippen LogP contribution in [0.4, 0.5) is 13.2 Å². The summed E-state index contributed by atoms with van der Waals surface area (Å²) in [6, 6.07) is 5.71. The summed E-state index contributed by atoms with van der Waals surface area (Å²) < 4.78 is 37.6. The summed E-state index contributed by atoms with van der Waals surface area (Å²) in [6.07, 6.45) is -1.92. The first kappa shape index (κ1) is 14.3. The van der Waals surface area contributed by atoms with Crippen molar-refractivity contribution in [2.45, 2.75) is 25.1 Å². The van der Waals surface area contributed by atoms with E-state index in [4.69, 9.17) is 0 Å². The zero-order valence-corrected chi connectivity index (χ0v) is 11.0. The van der Waals surface area contributed by atoms with Gasteiger partial charge in [-0.3, -0.25) is 4.90 Å². The van der Waals surface area contributed by atoms with Crippen molar-refractivity contribution >= 4 is 0 Å². The average molecular weight is 272 g/mol. The second-order valence-corrected chi connectivity index (χ2v) is 4.94. The van der Waals surface area contributed by atoms with Crippen LogP contribution in [0.2, 0.25) is 0 Å². The van der Waals surface area contributed by atoms with Gasteiger partial charge in [-0.05, 0) is 50.7 Å². The third-order valence-electron chi connectivity index (χ3n) is 3.60. The molecule has 1 fully saturated rings. The Kier molecular flexibility index (Phi) is 4.47. The first-order chi connectivity index (χ1) is 9.02. The number of hydrogen-bond donors (Lipinski definition) is 1. The summed E-state index contributed by atoms with van der Waals surface area (Å²) >= 11 is 0. The zero-order valence-electron chi connectivity index (χ0n) is 11.0. The lowest BCUT2D eigenvalue weighted by Gasteiger charge is -2.28. The third kappa shape index (κ3) is 3.48. The lowest BCUT2D eigenvalue weighted by molar-refractivity contribution is -0.137. The topological polar surface area (TPSA) is 15.3 Å². The van der Waals surface area contributed by atoms with Gasteiger partial charge in [-0.15, -0.1) is 0 Å². The van der Waals surface area contributed by atoms with Crippen molar-refractivity contribution in [1.82, 2.24) is 10.2 Å². The standard InChI is InChI=1S/C14H19F3N2/c1-18-10-13(19-8-2-3-9-19)11-4-6-12(7-5-11)14(15,16)17/h4-7,13,18H,2-3,8-10H2,1H3. The molecule has 2 nitrogen and oxygen atoms in total. The van der Waals surface area contributed by atoms with Crippen molar-refractivity contribution in [2.75, 3.05) is 26.7 Å². The molecule has 1 aromatic carbocycles. The first-order valence-electron chi connectivity index (χ1n) is 6.58. The van der Waals surface area contributed by atoms with Gasteiger partial charge >= 0.3 is 6.18 Å². The minimum absolute atomic E-state index is 0.162. The van der Waals surface area contributed by atoms with E-state index in [1.807, 2.05) is 7.05 Å². The zero-order chi connectivity index (χ0) is 13.9. The van der Waals surface area contributed by atoms with E-state index in [-0.39, 0.29) is 6.04 Å². The summed E-state index contributed by atoms with van der Waals surface area (Å²) in [5, 5.41) is 3.12. The van der Waals surface area contributed by atoms with Crippen LogP contribution >= 0.6 is 0 Å². The van der Waals surface area contributed by atoms with Gasteiger partial charge in [0.2, 0.25) is 0 Å². The molecule has 0 spiro atoms. The van der Waals surface area contributed by atoms with Gasteiger partial charge in [0.1, 0.15) is 0 Å². The minimum atomic E-state index is -4.26. The Morgan fingerprint density at radius 3 is 2.21 bits per heavy atom. The van der Waals surface area contributed by atoms with E-state index in [0.717, 1.165) is 25.2 Å². The summed E-state index contributed by atoms with van der Waals surface area (Å²) in [7, 11) is 1.87. The molecule has 1 heterocycles. The van der Waals surface area contributed by atoms with Crippen LogP contribution < -0.4 is 5.32 Å². The van der Waals surface area contributed by atoms with E-state index in [9.17, 15) is 13.2 Å². The summed E-state index contributed by atoms with van der Waals surface area (Å²) in [5.74, 6) is 0. The van der Waals surface area contributed by atoms with Gasteiger partial charge in [0.05, 0.1) is 5.56 Å². The Hall–Kier alpha value is -1.07. The lowest BCUT2D eigenvalue weighted by atomic mass is 10.0. The Bertz CT molecular complexity index is 394. The first-order valence-corrected chi connectivity index (χ1v) is 6.58. The molecule has 5 heteroatoms. The Balaban J connectivity index is 2.17.